The highest BCUT2D eigenvalue weighted by Gasteiger charge is 2.32. The first-order valence-electron chi connectivity index (χ1n) is 9.33. The molecule has 1 aromatic heterocycles. The summed E-state index contributed by atoms with van der Waals surface area (Å²) in [6, 6.07) is 0.290. The van der Waals surface area contributed by atoms with Crippen LogP contribution in [0.15, 0.2) is 11.2 Å². The van der Waals surface area contributed by atoms with Crippen LogP contribution in [0.25, 0.3) is 0 Å². The third kappa shape index (κ3) is 5.80. The number of carbonyl (C=O) groups is 1. The number of halogens is 1. The predicted octanol–water partition coefficient (Wildman–Crippen LogP) is 2.57. The topological polar surface area (TPSA) is 69.6 Å². The molecule has 2 N–H and O–H groups in total. The third-order valence-corrected chi connectivity index (χ3v) is 6.04. The van der Waals surface area contributed by atoms with E-state index in [4.69, 9.17) is 0 Å². The van der Waals surface area contributed by atoms with Crippen LogP contribution in [0.5, 0.6) is 0 Å². The van der Waals surface area contributed by atoms with E-state index >= 15 is 0 Å². The fourth-order valence-electron chi connectivity index (χ4n) is 3.70. The fraction of sp³-hybridized carbons (Fsp3) is 0.722. The molecule has 1 aliphatic carbocycles. The molecule has 2 aliphatic rings. The number of amides is 1. The van der Waals surface area contributed by atoms with E-state index in [1.165, 1.54) is 17.7 Å². The minimum atomic E-state index is 0. The van der Waals surface area contributed by atoms with Crippen molar-refractivity contribution in [1.82, 2.24) is 20.5 Å². The molecule has 6 nitrogen and oxygen atoms in total. The first kappa shape index (κ1) is 21.4. The maximum Gasteiger partial charge on any atom is 0.225 e. The largest absolute Gasteiger partial charge is 0.356 e. The van der Waals surface area contributed by atoms with E-state index in [9.17, 15) is 4.79 Å². The minimum absolute atomic E-state index is 0. The molecule has 2 fully saturated rings. The Morgan fingerprint density at radius 2 is 2.15 bits per heavy atom. The zero-order valence-corrected chi connectivity index (χ0v) is 18.8. The van der Waals surface area contributed by atoms with Gasteiger partial charge < -0.3 is 15.5 Å². The third-order valence-electron chi connectivity index (χ3n) is 5.07. The van der Waals surface area contributed by atoms with Gasteiger partial charge in [0.25, 0.3) is 0 Å². The summed E-state index contributed by atoms with van der Waals surface area (Å²) in [7, 11) is 1.79. The van der Waals surface area contributed by atoms with Crippen molar-refractivity contribution in [1.29, 1.82) is 0 Å². The molecule has 26 heavy (non-hydrogen) atoms. The lowest BCUT2D eigenvalue weighted by atomic mass is 10.1. The number of nitrogens with one attached hydrogen (secondary N) is 2. The van der Waals surface area contributed by atoms with Crippen molar-refractivity contribution in [2.45, 2.75) is 51.5 Å². The molecule has 1 atom stereocenters. The fourth-order valence-corrected chi connectivity index (χ4v) is 4.49. The van der Waals surface area contributed by atoms with E-state index in [1.54, 1.807) is 18.4 Å². The van der Waals surface area contributed by atoms with E-state index in [0.29, 0.717) is 11.9 Å². The van der Waals surface area contributed by atoms with Crippen LogP contribution in [-0.4, -0.2) is 54.5 Å². The van der Waals surface area contributed by atoms with E-state index in [1.807, 2.05) is 11.1 Å². The predicted molar refractivity (Wildman–Crippen MR) is 117 cm³/mol. The average molecular weight is 491 g/mol. The van der Waals surface area contributed by atoms with E-state index in [0.717, 1.165) is 56.3 Å². The SMILES string of the molecule is CN=C(NCCc1ncc(C)s1)NC1CCN(C(=O)C2CCCC2)C1.I. The van der Waals surface area contributed by atoms with Crippen LogP contribution < -0.4 is 10.6 Å². The number of guanidine groups is 1. The van der Waals surface area contributed by atoms with Crippen molar-refractivity contribution < 1.29 is 4.79 Å². The van der Waals surface area contributed by atoms with Crippen LogP contribution >= 0.6 is 35.3 Å². The molecule has 1 saturated heterocycles. The quantitative estimate of drug-likeness (QED) is 0.378. The van der Waals surface area contributed by atoms with Crippen molar-refractivity contribution in [3.05, 3.63) is 16.1 Å². The van der Waals surface area contributed by atoms with Crippen molar-refractivity contribution in [2.75, 3.05) is 26.7 Å². The van der Waals surface area contributed by atoms with Gasteiger partial charge in [-0.05, 0) is 26.2 Å². The van der Waals surface area contributed by atoms with Crippen LogP contribution in [0.2, 0.25) is 0 Å². The average Bonchev–Trinajstić information content (AvgIpc) is 3.35. The van der Waals surface area contributed by atoms with Crippen molar-refractivity contribution in [2.24, 2.45) is 10.9 Å². The summed E-state index contributed by atoms with van der Waals surface area (Å²) in [4.78, 5) is 24.5. The smallest absolute Gasteiger partial charge is 0.225 e. The Hall–Kier alpha value is -0.900. The lowest BCUT2D eigenvalue weighted by Gasteiger charge is -2.21. The summed E-state index contributed by atoms with van der Waals surface area (Å²) in [6.07, 6.45) is 8.38. The zero-order valence-electron chi connectivity index (χ0n) is 15.7. The number of rotatable bonds is 5. The number of hydrogen-bond acceptors (Lipinski definition) is 4. The Balaban J connectivity index is 0.00000243. The van der Waals surface area contributed by atoms with Gasteiger partial charge in [-0.2, -0.15) is 0 Å². The van der Waals surface area contributed by atoms with Gasteiger partial charge in [0.15, 0.2) is 5.96 Å². The normalized spacial score (nSPS) is 20.9. The molecule has 0 spiro atoms. The summed E-state index contributed by atoms with van der Waals surface area (Å²) in [5.74, 6) is 1.45. The van der Waals surface area contributed by atoms with E-state index in [2.05, 4.69) is 27.5 Å². The summed E-state index contributed by atoms with van der Waals surface area (Å²) >= 11 is 1.74. The van der Waals surface area contributed by atoms with Crippen LogP contribution in [0.4, 0.5) is 0 Å². The van der Waals surface area contributed by atoms with Gasteiger partial charge in [-0.3, -0.25) is 9.79 Å². The van der Waals surface area contributed by atoms with Gasteiger partial charge in [0.2, 0.25) is 5.91 Å². The number of thiazole rings is 1. The molecule has 0 radical (unpaired) electrons. The molecule has 1 unspecified atom stereocenters. The lowest BCUT2D eigenvalue weighted by Crippen LogP contribution is -2.45. The van der Waals surface area contributed by atoms with E-state index in [-0.39, 0.29) is 29.9 Å². The number of likely N-dealkylation sites (tertiary alicyclic amines) is 1. The Morgan fingerprint density at radius 3 is 2.81 bits per heavy atom. The van der Waals surface area contributed by atoms with Gasteiger partial charge in [-0.1, -0.05) is 12.8 Å². The summed E-state index contributed by atoms with van der Waals surface area (Å²) in [5, 5.41) is 7.96. The molecule has 146 valence electrons. The summed E-state index contributed by atoms with van der Waals surface area (Å²) in [6.45, 7) is 4.54. The number of aryl methyl sites for hydroxylation is 1. The van der Waals surface area contributed by atoms with E-state index < -0.39 is 0 Å². The second-order valence-electron chi connectivity index (χ2n) is 7.01. The second kappa shape index (κ2) is 10.4. The second-order valence-corrected chi connectivity index (χ2v) is 8.33. The monoisotopic (exact) mass is 491 g/mol. The Bertz CT molecular complexity index is 614. The number of nitrogens with zero attached hydrogens (tertiary/aromatic N) is 3. The van der Waals surface area contributed by atoms with Gasteiger partial charge >= 0.3 is 0 Å². The molecule has 1 aliphatic heterocycles. The molecular weight excluding hydrogens is 461 g/mol. The molecule has 1 amide bonds. The number of aromatic nitrogens is 1. The lowest BCUT2D eigenvalue weighted by molar-refractivity contribution is -0.134. The standard InChI is InChI=1S/C18H29N5OS.HI/c1-13-11-21-16(25-13)7-9-20-18(19-2)22-15-8-10-23(12-15)17(24)14-5-3-4-6-14;/h11,14-15H,3-10,12H2,1-2H3,(H2,19,20,22);1H. The van der Waals surface area contributed by atoms with Crippen LogP contribution in [-0.2, 0) is 11.2 Å². The zero-order chi connectivity index (χ0) is 17.6. The van der Waals surface area contributed by atoms with Gasteiger partial charge in [-0.25, -0.2) is 4.98 Å². The molecule has 1 aromatic rings. The Kier molecular flexibility index (Phi) is 8.59. The highest BCUT2D eigenvalue weighted by molar-refractivity contribution is 14.0. The van der Waals surface area contributed by atoms with Crippen LogP contribution in [0, 0.1) is 12.8 Å². The maximum atomic E-state index is 12.5. The molecule has 1 saturated carbocycles. The summed E-state index contributed by atoms with van der Waals surface area (Å²) < 4.78 is 0. The van der Waals surface area contributed by atoms with Gasteiger partial charge in [0.1, 0.15) is 0 Å². The Labute approximate surface area is 177 Å². The molecule has 2 heterocycles. The number of carbonyl (C=O) groups excluding carboxylic acids is 1. The molecule has 8 heteroatoms. The van der Waals surface area contributed by atoms with Crippen LogP contribution in [0.1, 0.15) is 42.0 Å². The molecule has 0 aromatic carbocycles. The van der Waals surface area contributed by atoms with Crippen molar-refractivity contribution in [3.8, 4) is 0 Å². The maximum absolute atomic E-state index is 12.5. The highest BCUT2D eigenvalue weighted by Crippen LogP contribution is 2.27. The van der Waals surface area contributed by atoms with Gasteiger partial charge in [0, 0.05) is 56.1 Å². The Morgan fingerprint density at radius 1 is 1.38 bits per heavy atom. The molecule has 3 rings (SSSR count). The first-order chi connectivity index (χ1) is 12.2. The first-order valence-corrected chi connectivity index (χ1v) is 10.1. The van der Waals surface area contributed by atoms with Crippen LogP contribution in [0.3, 0.4) is 0 Å². The van der Waals surface area contributed by atoms with Crippen molar-refractivity contribution in [3.63, 3.8) is 0 Å². The van der Waals surface area contributed by atoms with Gasteiger partial charge in [0.05, 0.1) is 5.01 Å². The summed E-state index contributed by atoms with van der Waals surface area (Å²) in [5.41, 5.74) is 0. The molecule has 0 bridgehead atoms. The highest BCUT2D eigenvalue weighted by atomic mass is 127. The minimum Gasteiger partial charge on any atom is -0.356 e. The number of aliphatic imine (C=N–C) groups is 1. The number of hydrogen-bond donors (Lipinski definition) is 2. The van der Waals surface area contributed by atoms with Gasteiger partial charge in [-0.15, -0.1) is 35.3 Å². The van der Waals surface area contributed by atoms with Crippen molar-refractivity contribution >= 4 is 47.2 Å². The molecular formula is C18H30IN5OS.